The number of halogens is 3. The Morgan fingerprint density at radius 2 is 1.94 bits per heavy atom. The van der Waals surface area contributed by atoms with Crippen LogP contribution in [0.4, 0.5) is 18.9 Å². The van der Waals surface area contributed by atoms with E-state index in [2.05, 4.69) is 16.5 Å². The average Bonchev–Trinajstić information content (AvgIpc) is 3.16. The second kappa shape index (κ2) is 8.21. The molecule has 1 aromatic heterocycles. The van der Waals surface area contributed by atoms with Gasteiger partial charge in [-0.2, -0.15) is 18.3 Å². The quantitative estimate of drug-likeness (QED) is 0.532. The molecule has 12 heteroatoms. The molecule has 31 heavy (non-hydrogen) atoms. The first-order chi connectivity index (χ1) is 14.5. The first-order valence-corrected chi connectivity index (χ1v) is 10.1. The Balaban J connectivity index is 1.89. The third kappa shape index (κ3) is 5.08. The lowest BCUT2D eigenvalue weighted by molar-refractivity contribution is -0.138. The molecule has 4 N–H and O–H groups in total. The van der Waals surface area contributed by atoms with E-state index in [0.29, 0.717) is 5.56 Å². The van der Waals surface area contributed by atoms with Crippen molar-refractivity contribution in [1.82, 2.24) is 9.78 Å². The number of anilines is 1. The van der Waals surface area contributed by atoms with Crippen LogP contribution in [0.15, 0.2) is 59.8 Å². The lowest BCUT2D eigenvalue weighted by Crippen LogP contribution is -2.19. The molecule has 0 saturated carbocycles. The van der Waals surface area contributed by atoms with Gasteiger partial charge in [0.1, 0.15) is 10.5 Å². The molecule has 0 aliphatic carbocycles. The number of nitrogens with zero attached hydrogens (tertiary/aromatic N) is 2. The van der Waals surface area contributed by atoms with Gasteiger partial charge in [-0.1, -0.05) is 23.5 Å². The number of hydrogen-bond acceptors (Lipinski definition) is 4. The van der Waals surface area contributed by atoms with E-state index < -0.39 is 34.1 Å². The number of rotatable bonds is 5. The van der Waals surface area contributed by atoms with Crippen molar-refractivity contribution in [3.05, 3.63) is 71.5 Å². The summed E-state index contributed by atoms with van der Waals surface area (Å²) in [7, 11) is -4.25. The molecule has 0 fully saturated rings. The molecule has 160 valence electrons. The van der Waals surface area contributed by atoms with E-state index in [1.54, 1.807) is 0 Å². The highest BCUT2D eigenvalue weighted by molar-refractivity contribution is 7.89. The smallest absolute Gasteiger partial charge is 0.326 e. The summed E-state index contributed by atoms with van der Waals surface area (Å²) in [5, 5.41) is 18.7. The second-order valence-corrected chi connectivity index (χ2v) is 7.94. The fraction of sp³-hybridized carbons (Fsp3) is 0.105. The van der Waals surface area contributed by atoms with Crippen molar-refractivity contribution in [1.29, 1.82) is 0 Å². The van der Waals surface area contributed by atoms with Gasteiger partial charge in [-0.15, -0.1) is 0 Å². The fourth-order valence-electron chi connectivity index (χ4n) is 2.86. The summed E-state index contributed by atoms with van der Waals surface area (Å²) in [4.78, 5) is 11.9. The van der Waals surface area contributed by atoms with E-state index in [1.807, 2.05) is 0 Å². The molecule has 3 rings (SSSR count). The van der Waals surface area contributed by atoms with Crippen LogP contribution in [0.25, 0.3) is 5.69 Å². The molecule has 0 bridgehead atoms. The van der Waals surface area contributed by atoms with Crippen LogP contribution in [-0.2, 0) is 27.4 Å². The Kier molecular flexibility index (Phi) is 5.83. The van der Waals surface area contributed by atoms with Gasteiger partial charge in [0, 0.05) is 5.69 Å². The molecule has 8 nitrogen and oxygen atoms in total. The van der Waals surface area contributed by atoms with Crippen molar-refractivity contribution in [2.24, 2.45) is 5.14 Å². The number of amides is 1. The maximum Gasteiger partial charge on any atom is 0.416 e. The fourth-order valence-corrected chi connectivity index (χ4v) is 3.60. The lowest BCUT2D eigenvalue weighted by atomic mass is 10.0. The van der Waals surface area contributed by atoms with E-state index in [-0.39, 0.29) is 21.8 Å². The highest BCUT2D eigenvalue weighted by atomic mass is 32.2. The van der Waals surface area contributed by atoms with Gasteiger partial charge in [0.2, 0.25) is 15.9 Å². The zero-order valence-electron chi connectivity index (χ0n) is 15.6. The van der Waals surface area contributed by atoms with Crippen LogP contribution in [0.3, 0.4) is 0 Å². The topological polar surface area (TPSA) is 131 Å². The van der Waals surface area contributed by atoms with Crippen molar-refractivity contribution >= 4 is 21.6 Å². The number of carbonyl (C=O) groups is 1. The maximum atomic E-state index is 13.1. The molecule has 2 aromatic carbocycles. The predicted molar refractivity (Wildman–Crippen MR) is 103 cm³/mol. The zero-order chi connectivity index (χ0) is 22.8. The van der Waals surface area contributed by atoms with Gasteiger partial charge >= 0.3 is 12.2 Å². The molecule has 0 aliphatic heterocycles. The second-order valence-electron chi connectivity index (χ2n) is 6.41. The van der Waals surface area contributed by atoms with Crippen LogP contribution in [0, 0.1) is 6.07 Å². The van der Waals surface area contributed by atoms with Crippen molar-refractivity contribution in [2.45, 2.75) is 17.5 Å². The van der Waals surface area contributed by atoms with Crippen LogP contribution in [0.1, 0.15) is 16.7 Å². The molecule has 0 atom stereocenters. The van der Waals surface area contributed by atoms with Gasteiger partial charge < -0.3 is 5.32 Å². The van der Waals surface area contributed by atoms with Gasteiger partial charge in [-0.3, -0.25) is 4.79 Å². The molecule has 0 spiro atoms. The summed E-state index contributed by atoms with van der Waals surface area (Å²) in [5.41, 5.74) is -0.773. The van der Waals surface area contributed by atoms with E-state index in [0.717, 1.165) is 12.1 Å². The number of hydrogen-bond donors (Lipinski definition) is 3. The number of nitrogens with two attached hydrogens (primary N) is 1. The average molecular weight is 450 g/mol. The Morgan fingerprint density at radius 3 is 2.55 bits per heavy atom. The molecule has 1 heterocycles. The van der Waals surface area contributed by atoms with Crippen molar-refractivity contribution in [3.8, 4) is 11.8 Å². The van der Waals surface area contributed by atoms with Gasteiger partial charge in [0.05, 0.1) is 30.1 Å². The van der Waals surface area contributed by atoms with E-state index in [9.17, 15) is 26.4 Å². The number of aromatic nitrogens is 2. The van der Waals surface area contributed by atoms with Gasteiger partial charge in [0.25, 0.3) is 0 Å². The van der Waals surface area contributed by atoms with Crippen molar-refractivity contribution in [3.63, 3.8) is 0 Å². The standard InChI is InChI=1S/C19H14F3N5O3S/c20-19(21,22)15-4-2-1-3-13(15)7-18(28)26-14-5-6-16(17(8-14)31(24,29)30)27-11-12(9-23)10-25-27/h1-6,8,10-11H,7H2,(H,26,28)(H2,24,29,30)/p+1. The number of primary sulfonamides is 1. The van der Waals surface area contributed by atoms with Gasteiger partial charge in [0.15, 0.2) is 0 Å². The summed E-state index contributed by atoms with van der Waals surface area (Å²) < 4.78 is 64.6. The number of sulfonamides is 1. The third-order valence-electron chi connectivity index (χ3n) is 4.20. The maximum absolute atomic E-state index is 13.1. The van der Waals surface area contributed by atoms with Gasteiger partial charge in [-0.25, -0.2) is 18.2 Å². The Hall–Kier alpha value is -3.69. The Bertz CT molecular complexity index is 1290. The summed E-state index contributed by atoms with van der Waals surface area (Å²) in [6, 6.07) is 10.5. The van der Waals surface area contributed by atoms with Crippen LogP contribution >= 0.6 is 0 Å². The van der Waals surface area contributed by atoms with Crippen LogP contribution in [-0.4, -0.2) is 24.1 Å². The van der Waals surface area contributed by atoms with Crippen LogP contribution in [0.5, 0.6) is 0 Å². The normalized spacial score (nSPS) is 11.7. The zero-order valence-corrected chi connectivity index (χ0v) is 16.5. The first kappa shape index (κ1) is 22.0. The van der Waals surface area contributed by atoms with Crippen LogP contribution < -0.4 is 15.7 Å². The molecular weight excluding hydrogens is 435 g/mol. The molecule has 0 saturated heterocycles. The minimum Gasteiger partial charge on any atom is -0.326 e. The summed E-state index contributed by atoms with van der Waals surface area (Å²) >= 11 is 0. The van der Waals surface area contributed by atoms with E-state index in [1.165, 1.54) is 47.4 Å². The van der Waals surface area contributed by atoms with Gasteiger partial charge in [-0.05, 0) is 29.8 Å². The molecule has 0 unspecified atom stereocenters. The molecule has 0 aliphatic rings. The minimum absolute atomic E-state index is 0.0215. The van der Waals surface area contributed by atoms with E-state index >= 15 is 0 Å². The molecular formula is C19H15F3N5O3S+. The Labute approximate surface area is 174 Å². The summed E-state index contributed by atoms with van der Waals surface area (Å²) in [6.45, 7) is 0. The van der Waals surface area contributed by atoms with E-state index in [4.69, 9.17) is 10.4 Å². The minimum atomic E-state index is -4.62. The predicted octanol–water partition coefficient (Wildman–Crippen LogP) is 0.840. The monoisotopic (exact) mass is 450 g/mol. The highest BCUT2D eigenvalue weighted by Crippen LogP contribution is 2.32. The largest absolute Gasteiger partial charge is 0.416 e. The lowest BCUT2D eigenvalue weighted by Gasteiger charge is -2.14. The highest BCUT2D eigenvalue weighted by Gasteiger charge is 2.33. The number of benzene rings is 2. The van der Waals surface area contributed by atoms with Crippen LogP contribution in [0.2, 0.25) is 0 Å². The van der Waals surface area contributed by atoms with Crippen molar-refractivity contribution < 1.29 is 31.6 Å². The SMILES string of the molecule is [NH+]#Cc1cnn(-c2ccc(NC(=O)Cc3ccccc3C(F)(F)F)cc2S(N)(=O)=O)c1. The third-order valence-corrected chi connectivity index (χ3v) is 5.14. The molecule has 0 radical (unpaired) electrons. The molecule has 1 amide bonds. The summed E-state index contributed by atoms with van der Waals surface area (Å²) in [6.07, 6.45) is -2.55. The van der Waals surface area contributed by atoms with Crippen molar-refractivity contribution in [2.75, 3.05) is 5.32 Å². The Morgan fingerprint density at radius 1 is 1.23 bits per heavy atom. The number of carbonyl (C=O) groups excluding carboxylic acids is 1. The number of nitrogens with one attached hydrogen (secondary N) is 2. The molecule has 3 aromatic rings. The summed E-state index contributed by atoms with van der Waals surface area (Å²) in [5.74, 6) is -0.774. The first-order valence-electron chi connectivity index (χ1n) is 8.58. The number of alkyl halides is 3.